The first kappa shape index (κ1) is 21.4. The molecule has 1 aromatic carbocycles. The third kappa shape index (κ3) is 5.44. The summed E-state index contributed by atoms with van der Waals surface area (Å²) in [4.78, 5) is 34.9. The maximum atomic E-state index is 12.7. The molecule has 0 spiro atoms. The number of hydrogen-bond donors (Lipinski definition) is 2. The summed E-state index contributed by atoms with van der Waals surface area (Å²) in [5.74, 6) is -1.68. The number of carbonyl (C=O) groups is 3. The molecule has 0 bridgehead atoms. The van der Waals surface area contributed by atoms with Crippen molar-refractivity contribution in [3.63, 3.8) is 0 Å². The van der Waals surface area contributed by atoms with Gasteiger partial charge in [-0.2, -0.15) is 0 Å². The van der Waals surface area contributed by atoms with Crippen molar-refractivity contribution in [2.75, 3.05) is 6.54 Å². The fourth-order valence-corrected chi connectivity index (χ4v) is 2.59. The number of aliphatic carboxylic acids is 1. The summed E-state index contributed by atoms with van der Waals surface area (Å²) >= 11 is 5.84. The molecule has 0 unspecified atom stereocenters. The summed E-state index contributed by atoms with van der Waals surface area (Å²) in [6.45, 7) is 1.36. The minimum atomic E-state index is -1.11. The van der Waals surface area contributed by atoms with E-state index in [-0.39, 0.29) is 41.8 Å². The molecule has 2 rings (SSSR count). The minimum absolute atomic E-state index is 0. The fraction of sp³-hybridized carbons (Fsp3) is 0.235. The summed E-state index contributed by atoms with van der Waals surface area (Å²) < 4.78 is 1.66. The normalized spacial score (nSPS) is 10.0. The summed E-state index contributed by atoms with van der Waals surface area (Å²) in [5, 5.41) is 11.4. The number of aromatic nitrogens is 1. The van der Waals surface area contributed by atoms with Gasteiger partial charge < -0.3 is 15.0 Å². The first-order valence-electron chi connectivity index (χ1n) is 7.23. The average Bonchev–Trinajstić information content (AvgIpc) is 2.79. The Morgan fingerprint density at radius 2 is 1.80 bits per heavy atom. The van der Waals surface area contributed by atoms with Crippen molar-refractivity contribution < 1.29 is 19.5 Å². The van der Waals surface area contributed by atoms with Gasteiger partial charge in [0.25, 0.3) is 0 Å². The molecular weight excluding hydrogens is 355 g/mol. The molecule has 25 heavy (non-hydrogen) atoms. The summed E-state index contributed by atoms with van der Waals surface area (Å²) in [6.07, 6.45) is -0.00147. The molecule has 0 aliphatic carbocycles. The van der Waals surface area contributed by atoms with E-state index in [1.807, 2.05) is 0 Å². The molecule has 0 saturated carbocycles. The maximum absolute atomic E-state index is 12.7. The molecule has 6 nitrogen and oxygen atoms in total. The van der Waals surface area contributed by atoms with Crippen LogP contribution in [0.1, 0.15) is 27.3 Å². The molecule has 0 atom stereocenters. The molecule has 2 aromatic rings. The van der Waals surface area contributed by atoms with Gasteiger partial charge in [0.05, 0.1) is 12.1 Å². The number of carbonyl (C=O) groups excluding carboxylic acids is 2. The third-order valence-electron chi connectivity index (χ3n) is 3.62. The van der Waals surface area contributed by atoms with Crippen molar-refractivity contribution in [3.8, 4) is 0 Å². The fourth-order valence-electron chi connectivity index (χ4n) is 2.46. The molecule has 128 valence electrons. The van der Waals surface area contributed by atoms with Crippen molar-refractivity contribution >= 4 is 58.8 Å². The predicted octanol–water partition coefficient (Wildman–Crippen LogP) is 1.31. The number of nitrogens with one attached hydrogen (secondary N) is 1. The van der Waals surface area contributed by atoms with Crippen molar-refractivity contribution in [2.24, 2.45) is 7.05 Å². The molecule has 0 fully saturated rings. The number of nitrogens with zero attached hydrogens (tertiary/aromatic N) is 1. The van der Waals surface area contributed by atoms with E-state index < -0.39 is 18.4 Å². The van der Waals surface area contributed by atoms with Gasteiger partial charge in [0, 0.05) is 23.3 Å². The van der Waals surface area contributed by atoms with E-state index >= 15 is 0 Å². The second kappa shape index (κ2) is 9.20. The van der Waals surface area contributed by atoms with Gasteiger partial charge in [0.15, 0.2) is 0 Å². The number of ketones is 1. The number of rotatable bonds is 6. The Morgan fingerprint density at radius 1 is 1.20 bits per heavy atom. The van der Waals surface area contributed by atoms with Crippen molar-refractivity contribution in [1.82, 2.24) is 9.88 Å². The third-order valence-corrected chi connectivity index (χ3v) is 3.87. The zero-order chi connectivity index (χ0) is 17.9. The van der Waals surface area contributed by atoms with E-state index in [9.17, 15) is 14.4 Å². The predicted molar refractivity (Wildman–Crippen MR) is 96.5 cm³/mol. The Hall–Kier alpha value is -1.60. The van der Waals surface area contributed by atoms with Crippen LogP contribution in [0.5, 0.6) is 0 Å². The molecule has 0 saturated heterocycles. The number of aryl methyl sites for hydroxylation is 1. The van der Waals surface area contributed by atoms with E-state index in [1.165, 1.54) is 0 Å². The molecular formula is C17H18ClN2NaO4. The van der Waals surface area contributed by atoms with Crippen LogP contribution in [0.25, 0.3) is 0 Å². The first-order chi connectivity index (χ1) is 11.3. The van der Waals surface area contributed by atoms with Crippen LogP contribution in [0.15, 0.2) is 30.3 Å². The Bertz CT molecular complexity index is 800. The molecule has 8 heteroatoms. The van der Waals surface area contributed by atoms with Gasteiger partial charge in [-0.1, -0.05) is 11.6 Å². The molecule has 1 amide bonds. The molecule has 0 radical (unpaired) electrons. The van der Waals surface area contributed by atoms with Gasteiger partial charge in [0.2, 0.25) is 11.7 Å². The van der Waals surface area contributed by atoms with Gasteiger partial charge in [-0.3, -0.25) is 14.4 Å². The van der Waals surface area contributed by atoms with Crippen LogP contribution in [0.4, 0.5) is 0 Å². The van der Waals surface area contributed by atoms with Gasteiger partial charge in [-0.05, 0) is 42.8 Å². The van der Waals surface area contributed by atoms with E-state index in [4.69, 9.17) is 16.7 Å². The Kier molecular flexibility index (Phi) is 7.89. The van der Waals surface area contributed by atoms with Crippen LogP contribution in [0.3, 0.4) is 0 Å². The Morgan fingerprint density at radius 3 is 2.36 bits per heavy atom. The zero-order valence-corrected chi connectivity index (χ0v) is 14.1. The standard InChI is InChI=1S/C17H17ClN2O4.Na.H/c1-10-7-13(8-14(21)19-9-15(22)23)20(2)16(10)17(24)11-3-5-12(18)6-4-11;;/h3-7H,8-9H2,1-2H3,(H,19,21)(H,22,23);;. The van der Waals surface area contributed by atoms with E-state index in [0.717, 1.165) is 5.56 Å². The summed E-state index contributed by atoms with van der Waals surface area (Å²) in [6, 6.07) is 8.34. The van der Waals surface area contributed by atoms with Crippen LogP contribution in [0, 0.1) is 6.92 Å². The van der Waals surface area contributed by atoms with Crippen molar-refractivity contribution in [1.29, 1.82) is 0 Å². The molecule has 2 N–H and O–H groups in total. The molecule has 1 heterocycles. The second-order valence-electron chi connectivity index (χ2n) is 5.41. The van der Waals surface area contributed by atoms with Gasteiger partial charge in [-0.15, -0.1) is 0 Å². The van der Waals surface area contributed by atoms with E-state index in [2.05, 4.69) is 5.32 Å². The Labute approximate surface area is 172 Å². The molecule has 0 aliphatic rings. The summed E-state index contributed by atoms with van der Waals surface area (Å²) in [5.41, 5.74) is 2.37. The monoisotopic (exact) mass is 372 g/mol. The SMILES string of the molecule is Cc1cc(CC(=O)NCC(=O)O)n(C)c1C(=O)c1ccc(Cl)cc1.[NaH]. The van der Waals surface area contributed by atoms with Crippen LogP contribution >= 0.6 is 11.6 Å². The van der Waals surface area contributed by atoms with Crippen LogP contribution in [-0.4, -0.2) is 63.4 Å². The number of carboxylic acid groups (broad SMARTS) is 1. The second-order valence-corrected chi connectivity index (χ2v) is 5.85. The van der Waals surface area contributed by atoms with E-state index in [1.54, 1.807) is 48.9 Å². The summed E-state index contributed by atoms with van der Waals surface area (Å²) in [7, 11) is 1.70. The van der Waals surface area contributed by atoms with Gasteiger partial charge in [0.1, 0.15) is 6.54 Å². The molecule has 0 aliphatic heterocycles. The van der Waals surface area contributed by atoms with Crippen LogP contribution in [0.2, 0.25) is 5.02 Å². The average molecular weight is 373 g/mol. The topological polar surface area (TPSA) is 88.4 Å². The first-order valence-corrected chi connectivity index (χ1v) is 7.61. The molecule has 1 aromatic heterocycles. The number of amides is 1. The number of halogens is 1. The van der Waals surface area contributed by atoms with Crippen LogP contribution in [-0.2, 0) is 23.1 Å². The van der Waals surface area contributed by atoms with Gasteiger partial charge in [-0.25, -0.2) is 0 Å². The quantitative estimate of drug-likeness (QED) is 0.591. The van der Waals surface area contributed by atoms with Crippen molar-refractivity contribution in [3.05, 3.63) is 57.9 Å². The van der Waals surface area contributed by atoms with Gasteiger partial charge >= 0.3 is 35.5 Å². The zero-order valence-electron chi connectivity index (χ0n) is 13.3. The van der Waals surface area contributed by atoms with E-state index in [0.29, 0.717) is 22.0 Å². The van der Waals surface area contributed by atoms with Crippen molar-refractivity contribution in [2.45, 2.75) is 13.3 Å². The number of benzene rings is 1. The van der Waals surface area contributed by atoms with Crippen LogP contribution < -0.4 is 5.32 Å². The number of carboxylic acids is 1. The number of hydrogen-bond acceptors (Lipinski definition) is 3. The Balaban J connectivity index is 0.00000312.